The molecule has 0 spiro atoms. The number of nitrogens with one attached hydrogen (secondary N) is 1. The summed E-state index contributed by atoms with van der Waals surface area (Å²) in [5.41, 5.74) is -0.152. The molecule has 0 bridgehead atoms. The molecular weight excluding hydrogens is 299 g/mol. The Kier molecular flexibility index (Phi) is 4.92. The molecule has 2 amide bonds. The van der Waals surface area contributed by atoms with Crippen LogP contribution in [0.1, 0.15) is 44.5 Å². The van der Waals surface area contributed by atoms with Crippen LogP contribution in [-0.4, -0.2) is 41.1 Å². The standard InChI is InChI=1S/C17H23FN2O3/c1-11-14(9-10-20(11)16(22)23-17(2,3)4)19-15(21)12-5-7-13(18)8-6-12/h5-8,11,14H,9-10H2,1-4H3,(H,19,21)/t11-,14+/m0/s1. The van der Waals surface area contributed by atoms with Gasteiger partial charge in [0.25, 0.3) is 5.91 Å². The molecule has 1 aliphatic rings. The number of hydrogen-bond acceptors (Lipinski definition) is 3. The quantitative estimate of drug-likeness (QED) is 0.911. The van der Waals surface area contributed by atoms with Crippen molar-refractivity contribution in [2.75, 3.05) is 6.54 Å². The normalized spacial score (nSPS) is 21.2. The van der Waals surface area contributed by atoms with E-state index in [2.05, 4.69) is 5.32 Å². The fourth-order valence-electron chi connectivity index (χ4n) is 2.56. The molecule has 0 saturated carbocycles. The maximum atomic E-state index is 12.9. The Balaban J connectivity index is 1.96. The predicted octanol–water partition coefficient (Wildman–Crippen LogP) is 2.95. The van der Waals surface area contributed by atoms with Crippen LogP contribution >= 0.6 is 0 Å². The molecule has 126 valence electrons. The second-order valence-electron chi connectivity index (χ2n) is 6.79. The van der Waals surface area contributed by atoms with Crippen LogP contribution in [0.4, 0.5) is 9.18 Å². The van der Waals surface area contributed by atoms with Crippen LogP contribution in [0.15, 0.2) is 24.3 Å². The topological polar surface area (TPSA) is 58.6 Å². The van der Waals surface area contributed by atoms with Gasteiger partial charge in [-0.1, -0.05) is 0 Å². The van der Waals surface area contributed by atoms with E-state index in [1.807, 2.05) is 27.7 Å². The summed E-state index contributed by atoms with van der Waals surface area (Å²) in [6.45, 7) is 7.87. The average molecular weight is 322 g/mol. The molecule has 0 unspecified atom stereocenters. The number of ether oxygens (including phenoxy) is 1. The number of nitrogens with zero attached hydrogens (tertiary/aromatic N) is 1. The summed E-state index contributed by atoms with van der Waals surface area (Å²) in [4.78, 5) is 26.0. The van der Waals surface area contributed by atoms with Crippen molar-refractivity contribution in [2.24, 2.45) is 0 Å². The minimum absolute atomic E-state index is 0.153. The van der Waals surface area contributed by atoms with Gasteiger partial charge in [-0.15, -0.1) is 0 Å². The molecule has 1 heterocycles. The van der Waals surface area contributed by atoms with E-state index >= 15 is 0 Å². The van der Waals surface area contributed by atoms with Crippen LogP contribution in [0.5, 0.6) is 0 Å². The number of likely N-dealkylation sites (tertiary alicyclic amines) is 1. The first-order valence-electron chi connectivity index (χ1n) is 7.73. The van der Waals surface area contributed by atoms with Crippen molar-refractivity contribution in [3.63, 3.8) is 0 Å². The third-order valence-corrected chi connectivity index (χ3v) is 3.81. The first-order chi connectivity index (χ1) is 10.7. The summed E-state index contributed by atoms with van der Waals surface area (Å²) in [7, 11) is 0. The third kappa shape index (κ3) is 4.43. The summed E-state index contributed by atoms with van der Waals surface area (Å²) in [5, 5.41) is 2.90. The SMILES string of the molecule is C[C@H]1[C@H](NC(=O)c2ccc(F)cc2)CCN1C(=O)OC(C)(C)C. The lowest BCUT2D eigenvalue weighted by Crippen LogP contribution is -2.46. The van der Waals surface area contributed by atoms with E-state index in [4.69, 9.17) is 4.74 Å². The highest BCUT2D eigenvalue weighted by Gasteiger charge is 2.37. The van der Waals surface area contributed by atoms with Crippen LogP contribution in [0.3, 0.4) is 0 Å². The van der Waals surface area contributed by atoms with Crippen molar-refractivity contribution in [3.8, 4) is 0 Å². The van der Waals surface area contributed by atoms with Gasteiger partial charge in [0.2, 0.25) is 0 Å². The fourth-order valence-corrected chi connectivity index (χ4v) is 2.56. The monoisotopic (exact) mass is 322 g/mol. The van der Waals surface area contributed by atoms with Gasteiger partial charge in [0, 0.05) is 12.1 Å². The van der Waals surface area contributed by atoms with Gasteiger partial charge in [0.15, 0.2) is 0 Å². The molecule has 2 rings (SSSR count). The Morgan fingerprint density at radius 1 is 1.26 bits per heavy atom. The summed E-state index contributed by atoms with van der Waals surface area (Å²) in [6, 6.07) is 5.07. The molecule has 5 nitrogen and oxygen atoms in total. The number of amides is 2. The largest absolute Gasteiger partial charge is 0.444 e. The van der Waals surface area contributed by atoms with E-state index in [1.54, 1.807) is 4.90 Å². The first-order valence-corrected chi connectivity index (χ1v) is 7.73. The molecule has 1 saturated heterocycles. The van der Waals surface area contributed by atoms with Crippen molar-refractivity contribution in [2.45, 2.75) is 51.8 Å². The Hall–Kier alpha value is -2.11. The maximum absolute atomic E-state index is 12.9. The van der Waals surface area contributed by atoms with E-state index < -0.39 is 5.60 Å². The molecule has 1 aromatic carbocycles. The van der Waals surface area contributed by atoms with Gasteiger partial charge in [0.05, 0.1) is 12.1 Å². The summed E-state index contributed by atoms with van der Waals surface area (Å²) < 4.78 is 18.3. The second-order valence-corrected chi connectivity index (χ2v) is 6.79. The molecule has 1 aliphatic heterocycles. The van der Waals surface area contributed by atoms with Gasteiger partial charge in [-0.3, -0.25) is 4.79 Å². The molecule has 0 aromatic heterocycles. The molecule has 0 radical (unpaired) electrons. The van der Waals surface area contributed by atoms with Crippen LogP contribution < -0.4 is 5.32 Å². The van der Waals surface area contributed by atoms with Crippen LogP contribution in [0.2, 0.25) is 0 Å². The summed E-state index contributed by atoms with van der Waals surface area (Å²) in [5.74, 6) is -0.653. The highest BCUT2D eigenvalue weighted by molar-refractivity contribution is 5.94. The van der Waals surface area contributed by atoms with Gasteiger partial charge in [-0.05, 0) is 58.4 Å². The van der Waals surface area contributed by atoms with E-state index in [-0.39, 0.29) is 29.9 Å². The van der Waals surface area contributed by atoms with Crippen molar-refractivity contribution < 1.29 is 18.7 Å². The predicted molar refractivity (Wildman–Crippen MR) is 84.7 cm³/mol. The Morgan fingerprint density at radius 3 is 2.43 bits per heavy atom. The first kappa shape index (κ1) is 17.2. The average Bonchev–Trinajstić information content (AvgIpc) is 2.79. The molecule has 0 aliphatic carbocycles. The summed E-state index contributed by atoms with van der Waals surface area (Å²) >= 11 is 0. The van der Waals surface area contributed by atoms with Crippen LogP contribution in [0, 0.1) is 5.82 Å². The number of rotatable bonds is 2. The highest BCUT2D eigenvalue weighted by Crippen LogP contribution is 2.21. The minimum Gasteiger partial charge on any atom is -0.444 e. The van der Waals surface area contributed by atoms with Crippen molar-refractivity contribution in [1.29, 1.82) is 0 Å². The number of carbonyl (C=O) groups excluding carboxylic acids is 2. The van der Waals surface area contributed by atoms with E-state index in [1.165, 1.54) is 24.3 Å². The zero-order valence-electron chi connectivity index (χ0n) is 13.9. The molecular formula is C17H23FN2O3. The summed E-state index contributed by atoms with van der Waals surface area (Å²) in [6.07, 6.45) is 0.288. The zero-order chi connectivity index (χ0) is 17.2. The molecule has 2 atom stereocenters. The number of hydrogen-bond donors (Lipinski definition) is 1. The lowest BCUT2D eigenvalue weighted by Gasteiger charge is -2.28. The maximum Gasteiger partial charge on any atom is 0.410 e. The van der Waals surface area contributed by atoms with Crippen molar-refractivity contribution >= 4 is 12.0 Å². The second kappa shape index (κ2) is 6.56. The van der Waals surface area contributed by atoms with Gasteiger partial charge >= 0.3 is 6.09 Å². The van der Waals surface area contributed by atoms with E-state index in [9.17, 15) is 14.0 Å². The molecule has 23 heavy (non-hydrogen) atoms. The number of halogens is 1. The lowest BCUT2D eigenvalue weighted by molar-refractivity contribution is 0.0228. The minimum atomic E-state index is -0.549. The van der Waals surface area contributed by atoms with Crippen LogP contribution in [0.25, 0.3) is 0 Å². The molecule has 1 fully saturated rings. The lowest BCUT2D eigenvalue weighted by atomic mass is 10.1. The number of carbonyl (C=O) groups is 2. The third-order valence-electron chi connectivity index (χ3n) is 3.81. The Morgan fingerprint density at radius 2 is 1.87 bits per heavy atom. The van der Waals surface area contributed by atoms with E-state index in [0.717, 1.165) is 0 Å². The van der Waals surface area contributed by atoms with Gasteiger partial charge in [-0.2, -0.15) is 0 Å². The fraction of sp³-hybridized carbons (Fsp3) is 0.529. The molecule has 1 N–H and O–H groups in total. The Labute approximate surface area is 135 Å². The van der Waals surface area contributed by atoms with Gasteiger partial charge in [0.1, 0.15) is 11.4 Å². The Bertz CT molecular complexity index is 580. The zero-order valence-corrected chi connectivity index (χ0v) is 13.9. The van der Waals surface area contributed by atoms with Crippen molar-refractivity contribution in [1.82, 2.24) is 10.2 Å². The van der Waals surface area contributed by atoms with E-state index in [0.29, 0.717) is 18.5 Å². The molecule has 6 heteroatoms. The highest BCUT2D eigenvalue weighted by atomic mass is 19.1. The smallest absolute Gasteiger partial charge is 0.410 e. The molecule has 1 aromatic rings. The van der Waals surface area contributed by atoms with Gasteiger partial charge < -0.3 is 15.0 Å². The van der Waals surface area contributed by atoms with Crippen LogP contribution in [-0.2, 0) is 4.74 Å². The number of benzene rings is 1. The van der Waals surface area contributed by atoms with Gasteiger partial charge in [-0.25, -0.2) is 9.18 Å². The van der Waals surface area contributed by atoms with Crippen molar-refractivity contribution in [3.05, 3.63) is 35.6 Å².